The highest BCUT2D eigenvalue weighted by Gasteiger charge is 2.30. The molecule has 1 N–H and O–H groups in total. The maximum absolute atomic E-state index is 11.9. The normalized spacial score (nSPS) is 21.3. The van der Waals surface area contributed by atoms with Crippen LogP contribution in [0.3, 0.4) is 0 Å². The summed E-state index contributed by atoms with van der Waals surface area (Å²) < 4.78 is 42.2. The van der Waals surface area contributed by atoms with Crippen LogP contribution in [0.1, 0.15) is 6.42 Å². The Morgan fingerprint density at radius 1 is 1.47 bits per heavy atom. The Labute approximate surface area is 113 Å². The summed E-state index contributed by atoms with van der Waals surface area (Å²) in [6.07, 6.45) is -0.430. The van der Waals surface area contributed by atoms with Crippen molar-refractivity contribution < 1.29 is 27.4 Å². The van der Waals surface area contributed by atoms with Gasteiger partial charge in [0.25, 0.3) is 10.2 Å². The molecule has 0 aliphatic carbocycles. The summed E-state index contributed by atoms with van der Waals surface area (Å²) >= 11 is 0. The van der Waals surface area contributed by atoms with E-state index >= 15 is 0 Å². The SMILES string of the molecule is COCCNS(=O)(=O)N1CCOC(CC(=O)OC)C1. The first-order chi connectivity index (χ1) is 8.99. The van der Waals surface area contributed by atoms with Crippen molar-refractivity contribution in [2.24, 2.45) is 0 Å². The summed E-state index contributed by atoms with van der Waals surface area (Å²) in [4.78, 5) is 11.1. The van der Waals surface area contributed by atoms with Crippen molar-refractivity contribution in [2.75, 3.05) is 47.1 Å². The number of carbonyl (C=O) groups is 1. The van der Waals surface area contributed by atoms with E-state index in [4.69, 9.17) is 9.47 Å². The fourth-order valence-electron chi connectivity index (χ4n) is 1.67. The highest BCUT2D eigenvalue weighted by atomic mass is 32.2. The molecule has 0 aromatic heterocycles. The van der Waals surface area contributed by atoms with Gasteiger partial charge in [-0.05, 0) is 0 Å². The van der Waals surface area contributed by atoms with Crippen molar-refractivity contribution in [3.63, 3.8) is 0 Å². The first-order valence-corrected chi connectivity index (χ1v) is 7.35. The van der Waals surface area contributed by atoms with Gasteiger partial charge in [-0.3, -0.25) is 4.79 Å². The minimum absolute atomic E-state index is 0.0423. The van der Waals surface area contributed by atoms with Gasteiger partial charge in [0.2, 0.25) is 0 Å². The molecule has 112 valence electrons. The van der Waals surface area contributed by atoms with Gasteiger partial charge in [-0.15, -0.1) is 0 Å². The second-order valence-electron chi connectivity index (χ2n) is 4.02. The number of hydrogen-bond acceptors (Lipinski definition) is 6. The lowest BCUT2D eigenvalue weighted by Crippen LogP contribution is -2.50. The van der Waals surface area contributed by atoms with E-state index in [0.29, 0.717) is 6.61 Å². The second-order valence-corrected chi connectivity index (χ2v) is 5.78. The van der Waals surface area contributed by atoms with Crippen molar-refractivity contribution in [2.45, 2.75) is 12.5 Å². The largest absolute Gasteiger partial charge is 0.469 e. The van der Waals surface area contributed by atoms with Crippen LogP contribution < -0.4 is 4.72 Å². The summed E-state index contributed by atoms with van der Waals surface area (Å²) in [5, 5.41) is 0. The van der Waals surface area contributed by atoms with Gasteiger partial charge in [0.15, 0.2) is 0 Å². The number of nitrogens with zero attached hydrogens (tertiary/aromatic N) is 1. The van der Waals surface area contributed by atoms with Crippen LogP contribution in [0.5, 0.6) is 0 Å². The molecule has 0 spiro atoms. The Morgan fingerprint density at radius 3 is 2.84 bits per heavy atom. The molecule has 8 nitrogen and oxygen atoms in total. The van der Waals surface area contributed by atoms with Crippen LogP contribution in [-0.2, 0) is 29.2 Å². The molecule has 1 aliphatic heterocycles. The summed E-state index contributed by atoms with van der Waals surface area (Å²) in [6.45, 7) is 1.16. The number of hydrogen-bond donors (Lipinski definition) is 1. The first-order valence-electron chi connectivity index (χ1n) is 5.91. The lowest BCUT2D eigenvalue weighted by molar-refractivity contribution is -0.145. The first kappa shape index (κ1) is 16.3. The molecule has 1 heterocycles. The van der Waals surface area contributed by atoms with E-state index in [9.17, 15) is 13.2 Å². The molecule has 1 unspecified atom stereocenters. The second kappa shape index (κ2) is 7.75. The van der Waals surface area contributed by atoms with Crippen molar-refractivity contribution in [3.05, 3.63) is 0 Å². The molecule has 1 atom stereocenters. The molecule has 0 aromatic carbocycles. The third kappa shape index (κ3) is 5.41. The van der Waals surface area contributed by atoms with E-state index in [-0.39, 0.29) is 32.7 Å². The van der Waals surface area contributed by atoms with E-state index in [0.717, 1.165) is 0 Å². The molecule has 1 fully saturated rings. The zero-order valence-corrected chi connectivity index (χ0v) is 11.9. The molecule has 1 saturated heterocycles. The van der Waals surface area contributed by atoms with Gasteiger partial charge in [0.1, 0.15) is 0 Å². The predicted octanol–water partition coefficient (Wildman–Crippen LogP) is -1.27. The maximum atomic E-state index is 11.9. The van der Waals surface area contributed by atoms with Crippen LogP contribution >= 0.6 is 0 Å². The number of carbonyl (C=O) groups excluding carboxylic acids is 1. The van der Waals surface area contributed by atoms with Crippen molar-refractivity contribution in [1.29, 1.82) is 0 Å². The van der Waals surface area contributed by atoms with Crippen LogP contribution in [0.2, 0.25) is 0 Å². The molecule has 0 saturated carbocycles. The van der Waals surface area contributed by atoms with Crippen LogP contribution in [0, 0.1) is 0 Å². The van der Waals surface area contributed by atoms with Gasteiger partial charge in [-0.2, -0.15) is 17.4 Å². The molecule has 1 rings (SSSR count). The van der Waals surface area contributed by atoms with Gasteiger partial charge in [0, 0.05) is 26.7 Å². The number of methoxy groups -OCH3 is 2. The van der Waals surface area contributed by atoms with E-state index in [1.165, 1.54) is 18.5 Å². The van der Waals surface area contributed by atoms with Crippen molar-refractivity contribution >= 4 is 16.2 Å². The summed E-state index contributed by atoms with van der Waals surface area (Å²) in [5.41, 5.74) is 0. The molecule has 0 aromatic rings. The van der Waals surface area contributed by atoms with Crippen LogP contribution in [0.15, 0.2) is 0 Å². The Hall–Kier alpha value is -0.740. The average Bonchev–Trinajstić information content (AvgIpc) is 2.39. The summed E-state index contributed by atoms with van der Waals surface area (Å²) in [6, 6.07) is 0. The van der Waals surface area contributed by atoms with Gasteiger partial charge in [-0.25, -0.2) is 0 Å². The molecule has 19 heavy (non-hydrogen) atoms. The fraction of sp³-hybridized carbons (Fsp3) is 0.900. The van der Waals surface area contributed by atoms with Crippen LogP contribution in [-0.4, -0.2) is 71.9 Å². The minimum atomic E-state index is -3.56. The monoisotopic (exact) mass is 296 g/mol. The average molecular weight is 296 g/mol. The third-order valence-corrected chi connectivity index (χ3v) is 4.23. The Morgan fingerprint density at radius 2 is 2.21 bits per heavy atom. The quantitative estimate of drug-likeness (QED) is 0.465. The molecular weight excluding hydrogens is 276 g/mol. The van der Waals surface area contributed by atoms with Crippen molar-refractivity contribution in [3.8, 4) is 0 Å². The molecule has 1 aliphatic rings. The zero-order chi connectivity index (χ0) is 14.3. The molecule has 0 radical (unpaired) electrons. The smallest absolute Gasteiger partial charge is 0.308 e. The van der Waals surface area contributed by atoms with E-state index < -0.39 is 22.3 Å². The van der Waals surface area contributed by atoms with Gasteiger partial charge < -0.3 is 14.2 Å². The Bertz CT molecular complexity index is 385. The Kier molecular flexibility index (Phi) is 6.66. The van der Waals surface area contributed by atoms with Crippen LogP contribution in [0.4, 0.5) is 0 Å². The Balaban J connectivity index is 2.51. The van der Waals surface area contributed by atoms with E-state index in [1.807, 2.05) is 0 Å². The molecular formula is C10H20N2O6S. The zero-order valence-electron chi connectivity index (χ0n) is 11.1. The summed E-state index contributed by atoms with van der Waals surface area (Å²) in [5.74, 6) is -0.420. The molecule has 0 amide bonds. The molecule has 0 bridgehead atoms. The minimum Gasteiger partial charge on any atom is -0.469 e. The van der Waals surface area contributed by atoms with E-state index in [2.05, 4.69) is 9.46 Å². The molecule has 9 heteroatoms. The third-order valence-electron chi connectivity index (χ3n) is 2.65. The number of ether oxygens (including phenoxy) is 3. The number of morpholine rings is 1. The van der Waals surface area contributed by atoms with E-state index in [1.54, 1.807) is 0 Å². The maximum Gasteiger partial charge on any atom is 0.308 e. The summed E-state index contributed by atoms with van der Waals surface area (Å²) in [7, 11) is -0.781. The standard InChI is InChI=1S/C10H20N2O6S/c1-16-5-3-11-19(14,15)12-4-6-18-9(8-12)7-10(13)17-2/h9,11H,3-8H2,1-2H3. The van der Waals surface area contributed by atoms with Crippen molar-refractivity contribution in [1.82, 2.24) is 9.03 Å². The van der Waals surface area contributed by atoms with Gasteiger partial charge in [0.05, 0.1) is 32.8 Å². The predicted molar refractivity (Wildman–Crippen MR) is 66.7 cm³/mol. The lowest BCUT2D eigenvalue weighted by atomic mass is 10.2. The van der Waals surface area contributed by atoms with Gasteiger partial charge >= 0.3 is 5.97 Å². The fourth-order valence-corrected chi connectivity index (χ4v) is 2.87. The van der Waals surface area contributed by atoms with Gasteiger partial charge in [-0.1, -0.05) is 0 Å². The topological polar surface area (TPSA) is 94.2 Å². The lowest BCUT2D eigenvalue weighted by Gasteiger charge is -2.31. The number of esters is 1. The highest BCUT2D eigenvalue weighted by Crippen LogP contribution is 2.12. The number of nitrogens with one attached hydrogen (secondary N) is 1. The highest BCUT2D eigenvalue weighted by molar-refractivity contribution is 7.87. The number of rotatable bonds is 7. The van der Waals surface area contributed by atoms with Crippen LogP contribution in [0.25, 0.3) is 0 Å².